The van der Waals surface area contributed by atoms with Gasteiger partial charge >= 0.3 is 11.9 Å². The molecule has 0 rings (SSSR count). The summed E-state index contributed by atoms with van der Waals surface area (Å²) >= 11 is 0. The molecule has 0 saturated carbocycles. The Morgan fingerprint density at radius 1 is 0.534 bits per heavy atom. The molecule has 0 aliphatic heterocycles. The lowest BCUT2D eigenvalue weighted by molar-refractivity contribution is -0.870. The Morgan fingerprint density at radius 2 is 0.948 bits per heavy atom. The van der Waals surface area contributed by atoms with E-state index in [9.17, 15) is 19.0 Å². The third-order valence-corrected chi connectivity index (χ3v) is 10.8. The number of ether oxygens (including phenoxy) is 2. The van der Waals surface area contributed by atoms with Crippen molar-refractivity contribution < 1.29 is 42.1 Å². The average Bonchev–Trinajstić information content (AvgIpc) is 3.17. The molecule has 1 unspecified atom stereocenters. The Labute approximate surface area is 356 Å². The fraction of sp³-hybridized carbons (Fsp3) is 0.792. The summed E-state index contributed by atoms with van der Waals surface area (Å²) in [5, 5.41) is 0. The molecular weight excluding hydrogens is 750 g/mol. The molecule has 9 nitrogen and oxygen atoms in total. The van der Waals surface area contributed by atoms with E-state index >= 15 is 0 Å². The zero-order chi connectivity index (χ0) is 42.8. The maximum Gasteiger partial charge on any atom is 0.306 e. The zero-order valence-electron chi connectivity index (χ0n) is 38.0. The van der Waals surface area contributed by atoms with Crippen LogP contribution in [0.15, 0.2) is 48.6 Å². The van der Waals surface area contributed by atoms with E-state index in [1.165, 1.54) is 116 Å². The average molecular weight is 838 g/mol. The lowest BCUT2D eigenvalue weighted by atomic mass is 10.0. The lowest BCUT2D eigenvalue weighted by Gasteiger charge is -2.28. The fourth-order valence-corrected chi connectivity index (χ4v) is 6.91. The topological polar surface area (TPSA) is 111 Å². The number of likely N-dealkylation sites (N-methyl/N-ethyl adjacent to an activating group) is 1. The first-order valence-corrected chi connectivity index (χ1v) is 24.8. The Kier molecular flexibility index (Phi) is 39.0. The third-order valence-electron chi connectivity index (χ3n) is 9.85. The molecule has 0 aromatic carbocycles. The number of allylic oxidation sites excluding steroid dienone is 8. The SMILES string of the molecule is CCCCC/C=C\C/C=C\C/C=C\C/C=C\CCCC(=O)O[C@H](COC(=O)CCCCCCCCCCCCCCCCCCC)COP(=O)([O-])OCC[N+](C)(C)C. The molecule has 0 aliphatic carbocycles. The lowest BCUT2D eigenvalue weighted by Crippen LogP contribution is -2.37. The normalized spacial score (nSPS) is 14.0. The molecular formula is C48H88NO8P. The Hall–Kier alpha value is -2.03. The summed E-state index contributed by atoms with van der Waals surface area (Å²) in [5.41, 5.74) is 0. The molecule has 0 aliphatic rings. The van der Waals surface area contributed by atoms with Crippen LogP contribution in [-0.2, 0) is 32.7 Å². The van der Waals surface area contributed by atoms with Crippen molar-refractivity contribution in [1.29, 1.82) is 0 Å². The van der Waals surface area contributed by atoms with Gasteiger partial charge in [0, 0.05) is 12.8 Å². The van der Waals surface area contributed by atoms with E-state index < -0.39 is 32.5 Å². The number of hydrogen-bond donors (Lipinski definition) is 0. The Balaban J connectivity index is 4.40. The van der Waals surface area contributed by atoms with Gasteiger partial charge < -0.3 is 27.9 Å². The van der Waals surface area contributed by atoms with Crippen LogP contribution in [0.4, 0.5) is 0 Å². The summed E-state index contributed by atoms with van der Waals surface area (Å²) in [6.07, 6.45) is 47.1. The number of phosphoric acid groups is 1. The highest BCUT2D eigenvalue weighted by Gasteiger charge is 2.21. The van der Waals surface area contributed by atoms with Gasteiger partial charge in [0.15, 0.2) is 6.10 Å². The Morgan fingerprint density at radius 3 is 1.43 bits per heavy atom. The summed E-state index contributed by atoms with van der Waals surface area (Å²) in [6.45, 7) is 4.15. The minimum atomic E-state index is -4.64. The number of quaternary nitrogens is 1. The van der Waals surface area contributed by atoms with E-state index in [-0.39, 0.29) is 26.1 Å². The molecule has 0 heterocycles. The zero-order valence-corrected chi connectivity index (χ0v) is 38.9. The van der Waals surface area contributed by atoms with Gasteiger partial charge in [-0.15, -0.1) is 0 Å². The Bertz CT molecular complexity index is 1130. The van der Waals surface area contributed by atoms with Gasteiger partial charge in [-0.3, -0.25) is 14.2 Å². The van der Waals surface area contributed by atoms with Crippen LogP contribution in [0.3, 0.4) is 0 Å². The van der Waals surface area contributed by atoms with Gasteiger partial charge in [-0.25, -0.2) is 0 Å². The summed E-state index contributed by atoms with van der Waals surface area (Å²) in [6, 6.07) is 0. The summed E-state index contributed by atoms with van der Waals surface area (Å²) in [7, 11) is 1.13. The second-order valence-corrected chi connectivity index (χ2v) is 18.2. The molecule has 0 saturated heterocycles. The number of carbonyl (C=O) groups excluding carboxylic acids is 2. The molecule has 2 atom stereocenters. The van der Waals surface area contributed by atoms with E-state index in [0.717, 1.165) is 38.5 Å². The van der Waals surface area contributed by atoms with Crippen molar-refractivity contribution >= 4 is 19.8 Å². The first-order chi connectivity index (χ1) is 28.0. The van der Waals surface area contributed by atoms with Crippen molar-refractivity contribution in [2.24, 2.45) is 0 Å². The highest BCUT2D eigenvalue weighted by Crippen LogP contribution is 2.38. The quantitative estimate of drug-likeness (QED) is 0.0196. The number of hydrogen-bond acceptors (Lipinski definition) is 8. The molecule has 0 fully saturated rings. The van der Waals surface area contributed by atoms with Gasteiger partial charge in [-0.1, -0.05) is 178 Å². The largest absolute Gasteiger partial charge is 0.756 e. The van der Waals surface area contributed by atoms with E-state index in [1.807, 2.05) is 27.2 Å². The van der Waals surface area contributed by atoms with Crippen molar-refractivity contribution in [1.82, 2.24) is 0 Å². The molecule has 0 amide bonds. The van der Waals surface area contributed by atoms with Crippen LogP contribution in [-0.4, -0.2) is 70.0 Å². The number of phosphoric ester groups is 1. The van der Waals surface area contributed by atoms with Crippen LogP contribution in [0.1, 0.15) is 194 Å². The maximum atomic E-state index is 12.7. The predicted octanol–water partition coefficient (Wildman–Crippen LogP) is 12.8. The van der Waals surface area contributed by atoms with Crippen LogP contribution in [0.25, 0.3) is 0 Å². The molecule has 0 spiro atoms. The van der Waals surface area contributed by atoms with Crippen LogP contribution >= 0.6 is 7.82 Å². The van der Waals surface area contributed by atoms with Crippen LogP contribution in [0.5, 0.6) is 0 Å². The number of unbranched alkanes of at least 4 members (excludes halogenated alkanes) is 20. The highest BCUT2D eigenvalue weighted by atomic mass is 31.2. The van der Waals surface area contributed by atoms with Gasteiger partial charge in [-0.2, -0.15) is 0 Å². The predicted molar refractivity (Wildman–Crippen MR) is 240 cm³/mol. The molecule has 0 radical (unpaired) electrons. The molecule has 0 N–H and O–H groups in total. The molecule has 0 aromatic rings. The molecule has 10 heteroatoms. The number of esters is 2. The summed E-state index contributed by atoms with van der Waals surface area (Å²) in [4.78, 5) is 37.6. The first-order valence-electron chi connectivity index (χ1n) is 23.3. The molecule has 0 bridgehead atoms. The van der Waals surface area contributed by atoms with Gasteiger partial charge in [0.25, 0.3) is 7.82 Å². The van der Waals surface area contributed by atoms with Crippen molar-refractivity contribution in [2.45, 2.75) is 200 Å². The van der Waals surface area contributed by atoms with Crippen molar-refractivity contribution in [3.8, 4) is 0 Å². The van der Waals surface area contributed by atoms with Crippen LogP contribution < -0.4 is 4.89 Å². The fourth-order valence-electron chi connectivity index (χ4n) is 6.18. The van der Waals surface area contributed by atoms with Crippen molar-refractivity contribution in [2.75, 3.05) is 47.5 Å². The van der Waals surface area contributed by atoms with E-state index in [4.69, 9.17) is 18.5 Å². The number of rotatable bonds is 42. The molecule has 338 valence electrons. The van der Waals surface area contributed by atoms with Crippen LogP contribution in [0.2, 0.25) is 0 Å². The van der Waals surface area contributed by atoms with E-state index in [0.29, 0.717) is 23.9 Å². The van der Waals surface area contributed by atoms with Gasteiger partial charge in [0.2, 0.25) is 0 Å². The smallest absolute Gasteiger partial charge is 0.306 e. The van der Waals surface area contributed by atoms with E-state index in [1.54, 1.807) is 0 Å². The standard InChI is InChI=1S/C48H88NO8P/c1-6-8-10-12-14-16-18-20-22-24-26-28-30-32-34-36-38-40-47(50)54-44-46(45-56-58(52,53)55-43-42-49(3,4)5)57-48(51)41-39-37-35-33-31-29-27-25-23-21-19-17-15-13-11-9-7-2/h15,17,21,23,27,29,33,35,46H,6-14,16,18-20,22,24-26,28,30-32,34,36-45H2,1-5H3/b17-15-,23-21-,29-27-,35-33-/t46-/m1/s1. The van der Waals surface area contributed by atoms with Crippen molar-refractivity contribution in [3.63, 3.8) is 0 Å². The number of nitrogens with zero attached hydrogens (tertiary/aromatic N) is 1. The second-order valence-electron chi connectivity index (χ2n) is 16.8. The summed E-state index contributed by atoms with van der Waals surface area (Å²) in [5.74, 6) is -0.896. The van der Waals surface area contributed by atoms with E-state index in [2.05, 4.69) is 56.4 Å². The minimum absolute atomic E-state index is 0.0411. The minimum Gasteiger partial charge on any atom is -0.756 e. The molecule has 58 heavy (non-hydrogen) atoms. The van der Waals surface area contributed by atoms with Crippen molar-refractivity contribution in [3.05, 3.63) is 48.6 Å². The van der Waals surface area contributed by atoms with Gasteiger partial charge in [0.1, 0.15) is 19.8 Å². The van der Waals surface area contributed by atoms with Crippen LogP contribution in [0, 0.1) is 0 Å². The monoisotopic (exact) mass is 838 g/mol. The highest BCUT2D eigenvalue weighted by molar-refractivity contribution is 7.45. The third kappa shape index (κ3) is 43.5. The molecule has 0 aromatic heterocycles. The van der Waals surface area contributed by atoms with Gasteiger partial charge in [0.05, 0.1) is 27.7 Å². The first kappa shape index (κ1) is 56.0. The maximum absolute atomic E-state index is 12.7. The van der Waals surface area contributed by atoms with Gasteiger partial charge in [-0.05, 0) is 51.4 Å². The number of carbonyl (C=O) groups is 2. The summed E-state index contributed by atoms with van der Waals surface area (Å²) < 4.78 is 33.9. The second kappa shape index (κ2) is 40.4.